The highest BCUT2D eigenvalue weighted by Crippen LogP contribution is 2.02. The van der Waals surface area contributed by atoms with Crippen LogP contribution in [0, 0.1) is 0 Å². The molecule has 6 nitrogen and oxygen atoms in total. The largest absolute Gasteiger partial charge is 0.481 e. The molecular weight excluding hydrogens is 236 g/mol. The molecule has 0 spiro atoms. The summed E-state index contributed by atoms with van der Waals surface area (Å²) in [7, 11) is 0. The maximum absolute atomic E-state index is 10.4. The highest BCUT2D eigenvalue weighted by Gasteiger charge is 2.05. The van der Waals surface area contributed by atoms with Gasteiger partial charge in [-0.1, -0.05) is 0 Å². The first-order valence-corrected chi connectivity index (χ1v) is 6.42. The molecule has 0 aliphatic heterocycles. The van der Waals surface area contributed by atoms with E-state index >= 15 is 0 Å². The zero-order valence-corrected chi connectivity index (χ0v) is 10.8. The van der Waals surface area contributed by atoms with Gasteiger partial charge in [-0.15, -0.1) is 0 Å². The third-order valence-corrected chi connectivity index (χ3v) is 2.68. The van der Waals surface area contributed by atoms with Crippen molar-refractivity contribution in [2.75, 3.05) is 26.2 Å². The first-order chi connectivity index (χ1) is 8.56. The predicted molar refractivity (Wildman–Crippen MR) is 68.5 cm³/mol. The Bertz CT molecular complexity index is 224. The van der Waals surface area contributed by atoms with E-state index in [0.29, 0.717) is 19.4 Å². The number of rotatable bonds is 12. The van der Waals surface area contributed by atoms with Gasteiger partial charge in [0.1, 0.15) is 0 Å². The number of hydrogen-bond acceptors (Lipinski definition) is 4. The van der Waals surface area contributed by atoms with Crippen molar-refractivity contribution < 1.29 is 19.8 Å². The smallest absolute Gasteiger partial charge is 0.303 e. The van der Waals surface area contributed by atoms with Crippen LogP contribution < -0.4 is 5.73 Å². The fourth-order valence-electron chi connectivity index (χ4n) is 1.74. The molecule has 0 bridgehead atoms. The number of aliphatic carboxylic acids is 2. The average molecular weight is 260 g/mol. The van der Waals surface area contributed by atoms with Crippen molar-refractivity contribution in [3.63, 3.8) is 0 Å². The van der Waals surface area contributed by atoms with E-state index in [9.17, 15) is 9.59 Å². The van der Waals surface area contributed by atoms with E-state index in [1.165, 1.54) is 0 Å². The van der Waals surface area contributed by atoms with Crippen LogP contribution in [-0.2, 0) is 9.59 Å². The maximum Gasteiger partial charge on any atom is 0.303 e. The van der Waals surface area contributed by atoms with Gasteiger partial charge in [-0.3, -0.25) is 9.59 Å². The maximum atomic E-state index is 10.4. The standard InChI is InChI=1S/C12H24N2O4/c13-7-10-14(8-3-1-5-11(15)16)9-4-2-6-12(17)18/h1-10,13H2,(H,15,16)(H,17,18). The fraction of sp³-hybridized carbons (Fsp3) is 0.833. The minimum atomic E-state index is -0.762. The van der Waals surface area contributed by atoms with Crippen LogP contribution in [0.25, 0.3) is 0 Å². The third kappa shape index (κ3) is 11.3. The van der Waals surface area contributed by atoms with Crippen LogP contribution >= 0.6 is 0 Å². The van der Waals surface area contributed by atoms with Gasteiger partial charge < -0.3 is 20.8 Å². The van der Waals surface area contributed by atoms with E-state index in [4.69, 9.17) is 15.9 Å². The molecule has 0 saturated heterocycles. The zero-order valence-electron chi connectivity index (χ0n) is 10.8. The summed E-state index contributed by atoms with van der Waals surface area (Å²) < 4.78 is 0. The molecule has 0 unspecified atom stereocenters. The van der Waals surface area contributed by atoms with Gasteiger partial charge >= 0.3 is 11.9 Å². The Morgan fingerprint density at radius 3 is 1.61 bits per heavy atom. The predicted octanol–water partition coefficient (Wildman–Crippen LogP) is 0.757. The lowest BCUT2D eigenvalue weighted by Gasteiger charge is -2.21. The summed E-state index contributed by atoms with van der Waals surface area (Å²) >= 11 is 0. The van der Waals surface area contributed by atoms with E-state index in [-0.39, 0.29) is 12.8 Å². The van der Waals surface area contributed by atoms with E-state index < -0.39 is 11.9 Å². The molecule has 0 heterocycles. The number of carboxylic acids is 2. The Balaban J connectivity index is 3.64. The molecular formula is C12H24N2O4. The van der Waals surface area contributed by atoms with Crippen molar-refractivity contribution >= 4 is 11.9 Å². The van der Waals surface area contributed by atoms with Gasteiger partial charge in [0.15, 0.2) is 0 Å². The Labute approximate surface area is 108 Å². The number of hydrogen-bond donors (Lipinski definition) is 3. The molecule has 0 aliphatic rings. The summed E-state index contributed by atoms with van der Waals surface area (Å²) in [5.74, 6) is -1.52. The summed E-state index contributed by atoms with van der Waals surface area (Å²) in [5.41, 5.74) is 5.50. The molecule has 0 amide bonds. The van der Waals surface area contributed by atoms with Gasteiger partial charge in [0.2, 0.25) is 0 Å². The second-order valence-electron chi connectivity index (χ2n) is 4.33. The first kappa shape index (κ1) is 16.9. The van der Waals surface area contributed by atoms with Crippen LogP contribution in [0.5, 0.6) is 0 Å². The lowest BCUT2D eigenvalue weighted by atomic mass is 10.2. The van der Waals surface area contributed by atoms with Gasteiger partial charge in [0.05, 0.1) is 0 Å². The minimum Gasteiger partial charge on any atom is -0.481 e. The van der Waals surface area contributed by atoms with Crippen molar-refractivity contribution in [3.05, 3.63) is 0 Å². The molecule has 0 fully saturated rings. The van der Waals surface area contributed by atoms with Crippen LogP contribution in [0.1, 0.15) is 38.5 Å². The molecule has 0 atom stereocenters. The SMILES string of the molecule is NCCN(CCCCC(=O)O)CCCCC(=O)O. The van der Waals surface area contributed by atoms with Crippen LogP contribution in [0.2, 0.25) is 0 Å². The van der Waals surface area contributed by atoms with Crippen molar-refractivity contribution in [1.82, 2.24) is 4.90 Å². The Kier molecular flexibility index (Phi) is 10.3. The zero-order chi connectivity index (χ0) is 13.8. The molecule has 0 aromatic heterocycles. The molecule has 106 valence electrons. The molecule has 0 aromatic rings. The number of nitrogens with zero attached hydrogens (tertiary/aromatic N) is 1. The van der Waals surface area contributed by atoms with Crippen molar-refractivity contribution in [2.24, 2.45) is 5.73 Å². The highest BCUT2D eigenvalue weighted by molar-refractivity contribution is 5.66. The Morgan fingerprint density at radius 2 is 1.28 bits per heavy atom. The van der Waals surface area contributed by atoms with Gasteiger partial charge in [-0.25, -0.2) is 0 Å². The van der Waals surface area contributed by atoms with Crippen LogP contribution in [-0.4, -0.2) is 53.2 Å². The van der Waals surface area contributed by atoms with Crippen LogP contribution in [0.3, 0.4) is 0 Å². The number of carbonyl (C=O) groups is 2. The van der Waals surface area contributed by atoms with E-state index in [0.717, 1.165) is 32.5 Å². The number of carboxylic acid groups (broad SMARTS) is 2. The van der Waals surface area contributed by atoms with Gasteiger partial charge in [0, 0.05) is 25.9 Å². The average Bonchev–Trinajstić information content (AvgIpc) is 2.29. The Morgan fingerprint density at radius 1 is 0.833 bits per heavy atom. The third-order valence-electron chi connectivity index (χ3n) is 2.68. The number of unbranched alkanes of at least 4 members (excludes halogenated alkanes) is 2. The summed E-state index contributed by atoms with van der Waals surface area (Å²) in [6.45, 7) is 3.01. The summed E-state index contributed by atoms with van der Waals surface area (Å²) in [5, 5.41) is 17.0. The topological polar surface area (TPSA) is 104 Å². The van der Waals surface area contributed by atoms with Crippen molar-refractivity contribution in [3.8, 4) is 0 Å². The molecule has 0 aliphatic carbocycles. The van der Waals surface area contributed by atoms with Crippen LogP contribution in [0.15, 0.2) is 0 Å². The second-order valence-corrected chi connectivity index (χ2v) is 4.33. The molecule has 0 rings (SSSR count). The molecule has 6 heteroatoms. The molecule has 4 N–H and O–H groups in total. The van der Waals surface area contributed by atoms with Crippen molar-refractivity contribution in [1.29, 1.82) is 0 Å². The normalized spacial score (nSPS) is 10.8. The van der Waals surface area contributed by atoms with Gasteiger partial charge in [0.25, 0.3) is 0 Å². The van der Waals surface area contributed by atoms with Gasteiger partial charge in [-0.2, -0.15) is 0 Å². The quantitative estimate of drug-likeness (QED) is 0.447. The fourth-order valence-corrected chi connectivity index (χ4v) is 1.74. The summed E-state index contributed by atoms with van der Waals surface area (Å²) in [6.07, 6.45) is 3.43. The van der Waals surface area contributed by atoms with E-state index in [2.05, 4.69) is 4.90 Å². The first-order valence-electron chi connectivity index (χ1n) is 6.42. The monoisotopic (exact) mass is 260 g/mol. The molecule has 18 heavy (non-hydrogen) atoms. The van der Waals surface area contributed by atoms with Crippen molar-refractivity contribution in [2.45, 2.75) is 38.5 Å². The number of nitrogens with two attached hydrogens (primary N) is 1. The molecule has 0 radical (unpaired) electrons. The summed E-state index contributed by atoms with van der Waals surface area (Å²) in [4.78, 5) is 22.9. The lowest BCUT2D eigenvalue weighted by Crippen LogP contribution is -2.31. The van der Waals surface area contributed by atoms with E-state index in [1.54, 1.807) is 0 Å². The van der Waals surface area contributed by atoms with Gasteiger partial charge in [-0.05, 0) is 38.8 Å². The van der Waals surface area contributed by atoms with E-state index in [1.807, 2.05) is 0 Å². The lowest BCUT2D eigenvalue weighted by molar-refractivity contribution is -0.138. The van der Waals surface area contributed by atoms with Crippen LogP contribution in [0.4, 0.5) is 0 Å². The highest BCUT2D eigenvalue weighted by atomic mass is 16.4. The minimum absolute atomic E-state index is 0.204. The Hall–Kier alpha value is -1.14. The molecule has 0 aromatic carbocycles. The molecule has 0 saturated carbocycles. The second kappa shape index (κ2) is 11.0. The summed E-state index contributed by atoms with van der Waals surface area (Å²) in [6, 6.07) is 0.